The second kappa shape index (κ2) is 7.79. The molecule has 3 rings (SSSR count). The summed E-state index contributed by atoms with van der Waals surface area (Å²) in [6.45, 7) is 0.155. The minimum Gasteiger partial charge on any atom is -0.480 e. The van der Waals surface area contributed by atoms with E-state index in [1.165, 1.54) is 0 Å². The molecular formula is C19H19N3O4. The molecule has 0 spiro atoms. The third-order valence-corrected chi connectivity index (χ3v) is 3.99. The molecule has 1 heterocycles. The SMILES string of the molecule is Cn1cnc2cc(C(=O)NC(COCc3ccccc3)C(=O)O)ccc21. The second-order valence-electron chi connectivity index (χ2n) is 5.92. The number of carboxylic acids is 1. The molecule has 0 saturated carbocycles. The summed E-state index contributed by atoms with van der Waals surface area (Å²) in [4.78, 5) is 28.0. The topological polar surface area (TPSA) is 93.5 Å². The summed E-state index contributed by atoms with van der Waals surface area (Å²) in [5.74, 6) is -1.63. The normalized spacial score (nSPS) is 12.0. The Hall–Kier alpha value is -3.19. The minimum absolute atomic E-state index is 0.123. The molecule has 0 bridgehead atoms. The van der Waals surface area contributed by atoms with E-state index in [2.05, 4.69) is 10.3 Å². The van der Waals surface area contributed by atoms with E-state index in [9.17, 15) is 14.7 Å². The van der Waals surface area contributed by atoms with Gasteiger partial charge in [-0.25, -0.2) is 9.78 Å². The Morgan fingerprint density at radius 3 is 2.73 bits per heavy atom. The van der Waals surface area contributed by atoms with Crippen LogP contribution in [0, 0.1) is 0 Å². The van der Waals surface area contributed by atoms with Crippen molar-refractivity contribution in [2.75, 3.05) is 6.61 Å². The van der Waals surface area contributed by atoms with E-state index in [1.807, 2.05) is 41.9 Å². The fourth-order valence-electron chi connectivity index (χ4n) is 2.56. The molecule has 1 atom stereocenters. The van der Waals surface area contributed by atoms with Gasteiger partial charge in [0.2, 0.25) is 0 Å². The van der Waals surface area contributed by atoms with E-state index in [1.54, 1.807) is 24.5 Å². The molecule has 2 N–H and O–H groups in total. The van der Waals surface area contributed by atoms with Crippen LogP contribution in [0.2, 0.25) is 0 Å². The molecule has 0 radical (unpaired) electrons. The van der Waals surface area contributed by atoms with Crippen LogP contribution in [0.1, 0.15) is 15.9 Å². The van der Waals surface area contributed by atoms with Crippen molar-refractivity contribution in [2.45, 2.75) is 12.6 Å². The summed E-state index contributed by atoms with van der Waals surface area (Å²) in [7, 11) is 1.86. The van der Waals surface area contributed by atoms with Gasteiger partial charge < -0.3 is 19.7 Å². The molecule has 2 aromatic carbocycles. The number of aliphatic carboxylic acids is 1. The number of fused-ring (bicyclic) bond motifs is 1. The number of benzene rings is 2. The molecule has 1 unspecified atom stereocenters. The number of hydrogen-bond donors (Lipinski definition) is 2. The fraction of sp³-hybridized carbons (Fsp3) is 0.211. The number of hydrogen-bond acceptors (Lipinski definition) is 4. The zero-order chi connectivity index (χ0) is 18.5. The molecule has 0 fully saturated rings. The number of amides is 1. The van der Waals surface area contributed by atoms with Crippen LogP contribution in [0.5, 0.6) is 0 Å². The lowest BCUT2D eigenvalue weighted by molar-refractivity contribution is -0.141. The Kier molecular flexibility index (Phi) is 5.28. The number of aromatic nitrogens is 2. The number of carbonyl (C=O) groups excluding carboxylic acids is 1. The monoisotopic (exact) mass is 353 g/mol. The smallest absolute Gasteiger partial charge is 0.328 e. The highest BCUT2D eigenvalue weighted by Crippen LogP contribution is 2.14. The number of ether oxygens (including phenoxy) is 1. The van der Waals surface area contributed by atoms with Crippen molar-refractivity contribution in [2.24, 2.45) is 7.05 Å². The Morgan fingerprint density at radius 2 is 2.00 bits per heavy atom. The lowest BCUT2D eigenvalue weighted by Gasteiger charge is -2.15. The quantitative estimate of drug-likeness (QED) is 0.677. The van der Waals surface area contributed by atoms with E-state index < -0.39 is 17.9 Å². The van der Waals surface area contributed by atoms with Gasteiger partial charge >= 0.3 is 5.97 Å². The van der Waals surface area contributed by atoms with Crippen molar-refractivity contribution in [1.82, 2.24) is 14.9 Å². The largest absolute Gasteiger partial charge is 0.480 e. The number of aryl methyl sites for hydroxylation is 1. The zero-order valence-electron chi connectivity index (χ0n) is 14.3. The zero-order valence-corrected chi connectivity index (χ0v) is 14.3. The highest BCUT2D eigenvalue weighted by molar-refractivity contribution is 5.99. The first-order chi connectivity index (χ1) is 12.5. The van der Waals surface area contributed by atoms with Gasteiger partial charge in [-0.15, -0.1) is 0 Å². The minimum atomic E-state index is -1.15. The molecule has 3 aromatic rings. The Morgan fingerprint density at radius 1 is 1.23 bits per heavy atom. The third-order valence-electron chi connectivity index (χ3n) is 3.99. The van der Waals surface area contributed by atoms with Crippen LogP contribution in [-0.4, -0.2) is 39.2 Å². The molecule has 1 aromatic heterocycles. The highest BCUT2D eigenvalue weighted by Gasteiger charge is 2.21. The van der Waals surface area contributed by atoms with Gasteiger partial charge in [-0.2, -0.15) is 0 Å². The standard InChI is InChI=1S/C19H19N3O4/c1-22-12-20-15-9-14(7-8-17(15)22)18(23)21-16(19(24)25)11-26-10-13-5-3-2-4-6-13/h2-9,12,16H,10-11H2,1H3,(H,21,23)(H,24,25). The van der Waals surface area contributed by atoms with Gasteiger partial charge in [-0.1, -0.05) is 30.3 Å². The fourth-order valence-corrected chi connectivity index (χ4v) is 2.56. The first-order valence-corrected chi connectivity index (χ1v) is 8.11. The molecular weight excluding hydrogens is 334 g/mol. The second-order valence-corrected chi connectivity index (χ2v) is 5.92. The van der Waals surface area contributed by atoms with Crippen molar-refractivity contribution >= 4 is 22.9 Å². The number of carboxylic acid groups (broad SMARTS) is 1. The summed E-state index contributed by atoms with van der Waals surface area (Å²) in [5.41, 5.74) is 2.85. The van der Waals surface area contributed by atoms with Gasteiger partial charge in [0.1, 0.15) is 0 Å². The lowest BCUT2D eigenvalue weighted by Crippen LogP contribution is -2.44. The molecule has 0 aliphatic rings. The van der Waals surface area contributed by atoms with Crippen LogP contribution < -0.4 is 5.32 Å². The first-order valence-electron chi connectivity index (χ1n) is 8.11. The van der Waals surface area contributed by atoms with Crippen molar-refractivity contribution < 1.29 is 19.4 Å². The van der Waals surface area contributed by atoms with Gasteiger partial charge in [0.15, 0.2) is 6.04 Å². The molecule has 0 saturated heterocycles. The van der Waals surface area contributed by atoms with E-state index >= 15 is 0 Å². The summed E-state index contributed by atoms with van der Waals surface area (Å²) in [5, 5.41) is 11.8. The van der Waals surface area contributed by atoms with Crippen molar-refractivity contribution in [3.63, 3.8) is 0 Å². The number of nitrogens with one attached hydrogen (secondary N) is 1. The summed E-state index contributed by atoms with van der Waals surface area (Å²) < 4.78 is 7.28. The molecule has 26 heavy (non-hydrogen) atoms. The summed E-state index contributed by atoms with van der Waals surface area (Å²) in [6, 6.07) is 13.3. The van der Waals surface area contributed by atoms with Gasteiger partial charge in [0.25, 0.3) is 5.91 Å². The number of nitrogens with zero attached hydrogens (tertiary/aromatic N) is 2. The van der Waals surface area contributed by atoms with Gasteiger partial charge in [-0.3, -0.25) is 4.79 Å². The van der Waals surface area contributed by atoms with E-state index in [0.717, 1.165) is 11.1 Å². The number of imidazole rings is 1. The maximum atomic E-state index is 12.4. The van der Waals surface area contributed by atoms with Crippen LogP contribution in [0.15, 0.2) is 54.9 Å². The predicted octanol–water partition coefficient (Wildman–Crippen LogP) is 1.97. The molecule has 7 heteroatoms. The Bertz CT molecular complexity index is 921. The lowest BCUT2D eigenvalue weighted by atomic mass is 10.1. The van der Waals surface area contributed by atoms with Crippen molar-refractivity contribution in [3.05, 3.63) is 66.0 Å². The molecule has 1 amide bonds. The van der Waals surface area contributed by atoms with E-state index in [4.69, 9.17) is 4.74 Å². The molecule has 0 aliphatic heterocycles. The van der Waals surface area contributed by atoms with E-state index in [0.29, 0.717) is 11.1 Å². The number of rotatable bonds is 7. The van der Waals surface area contributed by atoms with Gasteiger partial charge in [0, 0.05) is 12.6 Å². The maximum absolute atomic E-state index is 12.4. The van der Waals surface area contributed by atoms with Crippen LogP contribution in [0.25, 0.3) is 11.0 Å². The van der Waals surface area contributed by atoms with Crippen LogP contribution >= 0.6 is 0 Å². The van der Waals surface area contributed by atoms with Crippen LogP contribution in [0.4, 0.5) is 0 Å². The molecule has 0 aliphatic carbocycles. The van der Waals surface area contributed by atoms with Crippen molar-refractivity contribution in [1.29, 1.82) is 0 Å². The maximum Gasteiger partial charge on any atom is 0.328 e. The van der Waals surface area contributed by atoms with Gasteiger partial charge in [0.05, 0.1) is 30.6 Å². The predicted molar refractivity (Wildman–Crippen MR) is 95.7 cm³/mol. The average Bonchev–Trinajstić information content (AvgIpc) is 3.02. The van der Waals surface area contributed by atoms with E-state index in [-0.39, 0.29) is 13.2 Å². The van der Waals surface area contributed by atoms with Crippen LogP contribution in [-0.2, 0) is 23.2 Å². The van der Waals surface area contributed by atoms with Crippen molar-refractivity contribution in [3.8, 4) is 0 Å². The number of carbonyl (C=O) groups is 2. The molecule has 134 valence electrons. The van der Waals surface area contributed by atoms with Crippen LogP contribution in [0.3, 0.4) is 0 Å². The highest BCUT2D eigenvalue weighted by atomic mass is 16.5. The molecule has 7 nitrogen and oxygen atoms in total. The Balaban J connectivity index is 1.62. The van der Waals surface area contributed by atoms with Gasteiger partial charge in [-0.05, 0) is 23.8 Å². The summed E-state index contributed by atoms with van der Waals surface area (Å²) >= 11 is 0. The third kappa shape index (κ3) is 4.07. The summed E-state index contributed by atoms with van der Waals surface area (Å²) in [6.07, 6.45) is 1.66. The first kappa shape index (κ1) is 17.6. The Labute approximate surface area is 150 Å². The average molecular weight is 353 g/mol.